The average Bonchev–Trinajstić information content (AvgIpc) is 2.37. The largest absolute Gasteiger partial charge is 0.450 e. The summed E-state index contributed by atoms with van der Waals surface area (Å²) in [6.45, 7) is 2.76. The van der Waals surface area contributed by atoms with Crippen LogP contribution >= 0.6 is 0 Å². The van der Waals surface area contributed by atoms with Crippen LogP contribution in [0.1, 0.15) is 13.8 Å². The fourth-order valence-corrected chi connectivity index (χ4v) is 1.76. The Bertz CT molecular complexity index is 377. The number of halogens is 3. The van der Waals surface area contributed by atoms with Crippen molar-refractivity contribution in [2.24, 2.45) is 5.73 Å². The highest BCUT2D eigenvalue weighted by molar-refractivity contribution is 5.87. The van der Waals surface area contributed by atoms with Gasteiger partial charge in [-0.05, 0) is 13.8 Å². The number of hydrogen-bond acceptors (Lipinski definition) is 4. The van der Waals surface area contributed by atoms with Crippen LogP contribution in [0.2, 0.25) is 0 Å². The first-order valence-corrected chi connectivity index (χ1v) is 6.18. The maximum atomic E-state index is 12.7. The van der Waals surface area contributed by atoms with Crippen molar-refractivity contribution >= 4 is 12.0 Å². The molecule has 0 aromatic rings. The zero-order valence-electron chi connectivity index (χ0n) is 11.4. The second kappa shape index (κ2) is 5.86. The van der Waals surface area contributed by atoms with E-state index in [-0.39, 0.29) is 32.8 Å². The Labute approximate surface area is 114 Å². The third-order valence-corrected chi connectivity index (χ3v) is 3.13. The van der Waals surface area contributed by atoms with E-state index in [2.05, 4.69) is 0 Å². The second-order valence-corrected chi connectivity index (χ2v) is 4.68. The van der Waals surface area contributed by atoms with Crippen molar-refractivity contribution in [2.45, 2.75) is 25.6 Å². The van der Waals surface area contributed by atoms with Crippen molar-refractivity contribution in [3.63, 3.8) is 0 Å². The van der Waals surface area contributed by atoms with Crippen molar-refractivity contribution < 1.29 is 27.5 Å². The molecule has 1 atom stereocenters. The number of rotatable bonds is 2. The van der Waals surface area contributed by atoms with Gasteiger partial charge in [-0.1, -0.05) is 0 Å². The number of piperazine rings is 1. The zero-order chi connectivity index (χ0) is 15.6. The lowest BCUT2D eigenvalue weighted by atomic mass is 10.0. The minimum atomic E-state index is -4.82. The van der Waals surface area contributed by atoms with E-state index in [1.807, 2.05) is 0 Å². The number of hydrogen-bond donors (Lipinski definition) is 1. The molecule has 0 aromatic heterocycles. The highest BCUT2D eigenvalue weighted by Crippen LogP contribution is 2.29. The van der Waals surface area contributed by atoms with Gasteiger partial charge >= 0.3 is 12.3 Å². The summed E-state index contributed by atoms with van der Waals surface area (Å²) in [7, 11) is 0. The maximum absolute atomic E-state index is 12.7. The molecule has 0 radical (unpaired) electrons. The zero-order valence-corrected chi connectivity index (χ0v) is 11.4. The van der Waals surface area contributed by atoms with Crippen molar-refractivity contribution in [3.05, 3.63) is 0 Å². The number of carbonyl (C=O) groups excluding carboxylic acids is 2. The molecule has 20 heavy (non-hydrogen) atoms. The minimum absolute atomic E-state index is 0.000514. The van der Waals surface area contributed by atoms with E-state index in [1.165, 1.54) is 4.90 Å². The van der Waals surface area contributed by atoms with Crippen LogP contribution in [0.5, 0.6) is 0 Å². The predicted octanol–water partition coefficient (Wildman–Crippen LogP) is 0.567. The van der Waals surface area contributed by atoms with E-state index in [0.717, 1.165) is 4.90 Å². The Balaban J connectivity index is 2.62. The first kappa shape index (κ1) is 16.5. The molecule has 1 heterocycles. The van der Waals surface area contributed by atoms with Gasteiger partial charge in [-0.3, -0.25) is 4.79 Å². The van der Waals surface area contributed by atoms with Crippen molar-refractivity contribution in [1.29, 1.82) is 0 Å². The van der Waals surface area contributed by atoms with Gasteiger partial charge < -0.3 is 20.3 Å². The summed E-state index contributed by atoms with van der Waals surface area (Å²) in [6.07, 6.45) is -5.35. The third-order valence-electron chi connectivity index (χ3n) is 3.13. The molecule has 0 aromatic carbocycles. The van der Waals surface area contributed by atoms with Gasteiger partial charge in [-0.25, -0.2) is 4.79 Å². The van der Waals surface area contributed by atoms with Crippen LogP contribution in [0.3, 0.4) is 0 Å². The Morgan fingerprint density at radius 2 is 1.60 bits per heavy atom. The Morgan fingerprint density at radius 3 is 2.00 bits per heavy atom. The van der Waals surface area contributed by atoms with Crippen LogP contribution < -0.4 is 5.73 Å². The molecule has 6 nitrogen and oxygen atoms in total. The molecule has 0 bridgehead atoms. The molecule has 9 heteroatoms. The molecule has 1 rings (SSSR count). The monoisotopic (exact) mass is 297 g/mol. The number of ether oxygens (including phenoxy) is 1. The van der Waals surface area contributed by atoms with Crippen molar-refractivity contribution in [2.75, 3.05) is 32.8 Å². The molecular weight excluding hydrogens is 279 g/mol. The lowest BCUT2D eigenvalue weighted by molar-refractivity contribution is -0.194. The van der Waals surface area contributed by atoms with Gasteiger partial charge in [0.2, 0.25) is 0 Å². The number of alkyl halides is 3. The summed E-state index contributed by atoms with van der Waals surface area (Å²) in [5, 5.41) is 0. The lowest BCUT2D eigenvalue weighted by Gasteiger charge is -2.38. The Hall–Kier alpha value is -1.51. The normalized spacial score (nSPS) is 19.5. The molecule has 116 valence electrons. The summed E-state index contributed by atoms with van der Waals surface area (Å²) >= 11 is 0. The van der Waals surface area contributed by atoms with E-state index in [0.29, 0.717) is 6.92 Å². The van der Waals surface area contributed by atoms with Crippen molar-refractivity contribution in [3.8, 4) is 0 Å². The van der Waals surface area contributed by atoms with Gasteiger partial charge in [0.05, 0.1) is 6.61 Å². The fourth-order valence-electron chi connectivity index (χ4n) is 1.76. The molecule has 1 fully saturated rings. The smallest absolute Gasteiger partial charge is 0.415 e. The molecule has 2 amide bonds. The summed E-state index contributed by atoms with van der Waals surface area (Å²) < 4.78 is 42.8. The van der Waals surface area contributed by atoms with Crippen LogP contribution in [0.4, 0.5) is 18.0 Å². The summed E-state index contributed by atoms with van der Waals surface area (Å²) in [5.41, 5.74) is 2.17. The van der Waals surface area contributed by atoms with Gasteiger partial charge in [0.15, 0.2) is 5.54 Å². The van der Waals surface area contributed by atoms with Crippen LogP contribution in [0.15, 0.2) is 0 Å². The quantitative estimate of drug-likeness (QED) is 0.808. The van der Waals surface area contributed by atoms with Crippen LogP contribution in [-0.4, -0.2) is 66.3 Å². The van der Waals surface area contributed by atoms with E-state index in [4.69, 9.17) is 10.5 Å². The van der Waals surface area contributed by atoms with Gasteiger partial charge in [0.25, 0.3) is 5.91 Å². The summed E-state index contributed by atoms with van der Waals surface area (Å²) in [5.74, 6) is -1.19. The maximum Gasteiger partial charge on any atom is 0.415 e. The van der Waals surface area contributed by atoms with Gasteiger partial charge in [0, 0.05) is 26.2 Å². The van der Waals surface area contributed by atoms with Crippen molar-refractivity contribution in [1.82, 2.24) is 9.80 Å². The SMILES string of the molecule is CCOC(=O)N1CCN(C(=O)C(C)(N)C(F)(F)F)CC1. The molecule has 1 saturated heterocycles. The fraction of sp³-hybridized carbons (Fsp3) is 0.818. The minimum Gasteiger partial charge on any atom is -0.450 e. The predicted molar refractivity (Wildman–Crippen MR) is 63.8 cm³/mol. The van der Waals surface area contributed by atoms with E-state index >= 15 is 0 Å². The summed E-state index contributed by atoms with van der Waals surface area (Å²) in [4.78, 5) is 25.6. The first-order chi connectivity index (χ1) is 9.11. The molecule has 0 spiro atoms. The van der Waals surface area contributed by atoms with Crippen LogP contribution in [-0.2, 0) is 9.53 Å². The standard InChI is InChI=1S/C11H18F3N3O3/c1-3-20-9(19)17-6-4-16(5-7-17)8(18)10(2,15)11(12,13)14/h3-7,15H2,1-2H3. The lowest BCUT2D eigenvalue weighted by Crippen LogP contribution is -2.64. The van der Waals surface area contributed by atoms with E-state index in [1.54, 1.807) is 6.92 Å². The van der Waals surface area contributed by atoms with Gasteiger partial charge in [-0.2, -0.15) is 13.2 Å². The molecule has 2 N–H and O–H groups in total. The van der Waals surface area contributed by atoms with Crippen LogP contribution in [0.25, 0.3) is 0 Å². The third kappa shape index (κ3) is 3.33. The Kier molecular flexibility index (Phi) is 4.85. The number of carbonyl (C=O) groups is 2. The Morgan fingerprint density at radius 1 is 1.15 bits per heavy atom. The first-order valence-electron chi connectivity index (χ1n) is 6.18. The number of amides is 2. The molecule has 0 aliphatic carbocycles. The number of nitrogens with two attached hydrogens (primary N) is 1. The van der Waals surface area contributed by atoms with E-state index < -0.39 is 23.7 Å². The molecule has 1 aliphatic heterocycles. The molecular formula is C11H18F3N3O3. The molecule has 1 unspecified atom stereocenters. The van der Waals surface area contributed by atoms with Crippen LogP contribution in [0, 0.1) is 0 Å². The molecule has 0 saturated carbocycles. The summed E-state index contributed by atoms with van der Waals surface area (Å²) in [6, 6.07) is 0. The van der Waals surface area contributed by atoms with E-state index in [9.17, 15) is 22.8 Å². The highest BCUT2D eigenvalue weighted by Gasteiger charge is 2.55. The van der Waals surface area contributed by atoms with Gasteiger partial charge in [0.1, 0.15) is 0 Å². The van der Waals surface area contributed by atoms with Gasteiger partial charge in [-0.15, -0.1) is 0 Å². The molecule has 1 aliphatic rings. The average molecular weight is 297 g/mol. The second-order valence-electron chi connectivity index (χ2n) is 4.68. The topological polar surface area (TPSA) is 75.9 Å². The number of nitrogens with zero attached hydrogens (tertiary/aromatic N) is 2. The highest BCUT2D eigenvalue weighted by atomic mass is 19.4.